The molecule has 0 unspecified atom stereocenters. The van der Waals surface area contributed by atoms with Crippen LogP contribution in [0.1, 0.15) is 0 Å². The molecule has 44 valence electrons. The summed E-state index contributed by atoms with van der Waals surface area (Å²) in [6.45, 7) is -0.0893. The highest BCUT2D eigenvalue weighted by molar-refractivity contribution is 7.61. The average Bonchev–Trinajstić information content (AvgIpc) is 1.66. The van der Waals surface area contributed by atoms with Crippen molar-refractivity contribution in [2.24, 2.45) is 4.47 Å². The second-order valence-corrected chi connectivity index (χ2v) is 1.42. The van der Waals surface area contributed by atoms with Gasteiger partial charge in [-0.3, -0.25) is 0 Å². The van der Waals surface area contributed by atoms with E-state index in [1.165, 1.54) is 0 Å². The Morgan fingerprint density at radius 3 is 2.75 bits per heavy atom. The van der Waals surface area contributed by atoms with Gasteiger partial charge in [0.1, 0.15) is 6.54 Å². The van der Waals surface area contributed by atoms with E-state index >= 15 is 0 Å². The zero-order chi connectivity index (χ0) is 6.41. The monoisotopic (exact) mass is 133 g/mol. The van der Waals surface area contributed by atoms with Gasteiger partial charge in [-0.15, -0.1) is 0 Å². The molecule has 0 aromatic carbocycles. The van der Waals surface area contributed by atoms with Gasteiger partial charge in [0, 0.05) is 0 Å². The third-order valence-corrected chi connectivity index (χ3v) is 0.575. The molecule has 0 aromatic rings. The predicted octanol–water partition coefficient (Wildman–Crippen LogP) is -0.923. The Balaban J connectivity index is 3.51. The summed E-state index contributed by atoms with van der Waals surface area (Å²) in [4.78, 5) is 0. The van der Waals surface area contributed by atoms with Crippen LogP contribution in [-0.4, -0.2) is 15.0 Å². The highest BCUT2D eigenvalue weighted by Crippen LogP contribution is 1.53. The summed E-state index contributed by atoms with van der Waals surface area (Å²) in [6.07, 6.45) is 0. The number of nitrogens with one attached hydrogen (secondary N) is 1. The van der Waals surface area contributed by atoms with Crippen LogP contribution in [0.4, 0.5) is 0 Å². The summed E-state index contributed by atoms with van der Waals surface area (Å²) in [5.74, 6) is 0. The van der Waals surface area contributed by atoms with Crippen molar-refractivity contribution in [1.29, 1.82) is 5.26 Å². The number of rotatable bonds is 2. The van der Waals surface area contributed by atoms with Crippen molar-refractivity contribution in [3.05, 3.63) is 0 Å². The lowest BCUT2D eigenvalue weighted by atomic mass is 10.8. The zero-order valence-corrected chi connectivity index (χ0v) is 4.64. The molecule has 0 atom stereocenters. The Labute approximate surface area is 47.6 Å². The fraction of sp³-hybridized carbons (Fsp3) is 0.500. The molecule has 0 bridgehead atoms. The van der Waals surface area contributed by atoms with Crippen molar-refractivity contribution < 1.29 is 8.42 Å². The minimum absolute atomic E-state index is 0.0893. The number of hydrogen-bond acceptors (Lipinski definition) is 4. The van der Waals surface area contributed by atoms with Gasteiger partial charge in [0.25, 0.3) is 0 Å². The molecule has 6 heteroatoms. The molecule has 0 aliphatic carbocycles. The van der Waals surface area contributed by atoms with Gasteiger partial charge in [-0.05, 0) is 0 Å². The third-order valence-electron chi connectivity index (χ3n) is 0.297. The lowest BCUT2D eigenvalue weighted by molar-refractivity contribution is 0.616. The lowest BCUT2D eigenvalue weighted by Crippen LogP contribution is -2.02. The Bertz CT molecular complexity index is 202. The van der Waals surface area contributed by atoms with Crippen LogP contribution in [0.5, 0.6) is 0 Å². The summed E-state index contributed by atoms with van der Waals surface area (Å²) in [5.41, 5.74) is 1.99. The molecular formula is C2H3N3O2S. The van der Waals surface area contributed by atoms with Crippen molar-refractivity contribution in [3.63, 3.8) is 0 Å². The average molecular weight is 133 g/mol. The van der Waals surface area contributed by atoms with Gasteiger partial charge in [0.2, 0.25) is 0 Å². The van der Waals surface area contributed by atoms with Crippen molar-refractivity contribution >= 4 is 10.5 Å². The van der Waals surface area contributed by atoms with Crippen molar-refractivity contribution in [1.82, 2.24) is 5.43 Å². The fourth-order valence-corrected chi connectivity index (χ4v) is 0.290. The van der Waals surface area contributed by atoms with Gasteiger partial charge in [0.15, 0.2) is 0 Å². The first-order valence-electron chi connectivity index (χ1n) is 1.67. The van der Waals surface area contributed by atoms with Gasteiger partial charge in [-0.1, -0.05) is 4.47 Å². The van der Waals surface area contributed by atoms with Gasteiger partial charge in [-0.2, -0.15) is 19.1 Å². The van der Waals surface area contributed by atoms with Crippen LogP contribution in [0.3, 0.4) is 0 Å². The first-order valence-corrected chi connectivity index (χ1v) is 2.70. The topological polar surface area (TPSA) is 82.3 Å². The Hall–Kier alpha value is -0.930. The van der Waals surface area contributed by atoms with E-state index in [1.54, 1.807) is 6.07 Å². The van der Waals surface area contributed by atoms with Crippen LogP contribution in [0.25, 0.3) is 0 Å². The molecule has 0 radical (unpaired) electrons. The molecule has 0 spiro atoms. The standard InChI is InChI=1S/C2H3N3O2S/c3-1-2-4-5-8(6)7/h4H,2H2. The zero-order valence-electron chi connectivity index (χ0n) is 3.83. The minimum Gasteiger partial charge on any atom is -0.197 e. The highest BCUT2D eigenvalue weighted by atomic mass is 32.2. The second kappa shape index (κ2) is 4.23. The summed E-state index contributed by atoms with van der Waals surface area (Å²) in [7, 11) is -2.45. The molecule has 0 amide bonds. The quantitative estimate of drug-likeness (QED) is 0.300. The van der Waals surface area contributed by atoms with E-state index in [4.69, 9.17) is 5.26 Å². The van der Waals surface area contributed by atoms with E-state index in [0.29, 0.717) is 0 Å². The molecule has 0 aromatic heterocycles. The summed E-state index contributed by atoms with van der Waals surface area (Å²) < 4.78 is 21.8. The van der Waals surface area contributed by atoms with Crippen LogP contribution in [-0.2, 0) is 10.5 Å². The van der Waals surface area contributed by atoms with Gasteiger partial charge < -0.3 is 0 Å². The molecule has 0 fully saturated rings. The summed E-state index contributed by atoms with van der Waals surface area (Å²) in [5, 5.41) is 7.81. The summed E-state index contributed by atoms with van der Waals surface area (Å²) in [6, 6.07) is 1.64. The number of nitriles is 1. The molecule has 0 rings (SSSR count). The normalized spacial score (nSPS) is 7.38. The van der Waals surface area contributed by atoms with Crippen molar-refractivity contribution in [3.8, 4) is 6.07 Å². The molecule has 1 N–H and O–H groups in total. The van der Waals surface area contributed by atoms with E-state index in [1.807, 2.05) is 5.43 Å². The number of nitrogens with zero attached hydrogens (tertiary/aromatic N) is 2. The maximum Gasteiger partial charge on any atom is 0.327 e. The molecule has 0 saturated heterocycles. The van der Waals surface area contributed by atoms with Gasteiger partial charge in [0.05, 0.1) is 6.07 Å². The van der Waals surface area contributed by atoms with E-state index in [9.17, 15) is 8.42 Å². The maximum atomic E-state index is 9.54. The van der Waals surface area contributed by atoms with Gasteiger partial charge >= 0.3 is 10.5 Å². The van der Waals surface area contributed by atoms with E-state index in [0.717, 1.165) is 0 Å². The predicted molar refractivity (Wildman–Crippen MR) is 25.0 cm³/mol. The van der Waals surface area contributed by atoms with Crippen LogP contribution in [0.15, 0.2) is 4.47 Å². The van der Waals surface area contributed by atoms with Crippen LogP contribution >= 0.6 is 0 Å². The van der Waals surface area contributed by atoms with Gasteiger partial charge in [-0.25, -0.2) is 0 Å². The smallest absolute Gasteiger partial charge is 0.197 e. The van der Waals surface area contributed by atoms with E-state index in [2.05, 4.69) is 4.47 Å². The van der Waals surface area contributed by atoms with Crippen molar-refractivity contribution in [2.75, 3.05) is 6.54 Å². The Morgan fingerprint density at radius 1 is 1.75 bits per heavy atom. The fourth-order valence-electron chi connectivity index (χ4n) is 0.120. The molecule has 8 heavy (non-hydrogen) atoms. The minimum atomic E-state index is -2.45. The molecule has 0 aliphatic heterocycles. The second-order valence-electron chi connectivity index (χ2n) is 0.801. The first-order chi connectivity index (χ1) is 3.77. The highest BCUT2D eigenvalue weighted by Gasteiger charge is 1.72. The molecule has 0 aliphatic rings. The lowest BCUT2D eigenvalue weighted by Gasteiger charge is -1.75. The van der Waals surface area contributed by atoms with Crippen LogP contribution < -0.4 is 5.43 Å². The largest absolute Gasteiger partial charge is 0.327 e. The third kappa shape index (κ3) is 5.07. The molecule has 5 nitrogen and oxygen atoms in total. The summed E-state index contributed by atoms with van der Waals surface area (Å²) >= 11 is 0. The molecule has 0 saturated carbocycles. The Morgan fingerprint density at radius 2 is 2.38 bits per heavy atom. The van der Waals surface area contributed by atoms with E-state index in [-0.39, 0.29) is 6.54 Å². The SMILES string of the molecule is N#CCNN=S(=O)=O. The van der Waals surface area contributed by atoms with E-state index < -0.39 is 10.5 Å². The first kappa shape index (κ1) is 7.07. The number of hydrogen-bond donors (Lipinski definition) is 1. The maximum absolute atomic E-state index is 9.54. The molecular weight excluding hydrogens is 130 g/mol. The molecule has 0 heterocycles. The van der Waals surface area contributed by atoms with Crippen LogP contribution in [0, 0.1) is 11.3 Å². The van der Waals surface area contributed by atoms with Crippen molar-refractivity contribution in [2.45, 2.75) is 0 Å². The Kier molecular flexibility index (Phi) is 3.74. The van der Waals surface area contributed by atoms with Crippen LogP contribution in [0.2, 0.25) is 0 Å².